The van der Waals surface area contributed by atoms with Crippen molar-refractivity contribution >= 4 is 29.9 Å². The van der Waals surface area contributed by atoms with Gasteiger partial charge in [0.15, 0.2) is 5.96 Å². The summed E-state index contributed by atoms with van der Waals surface area (Å²) < 4.78 is 13.7. The van der Waals surface area contributed by atoms with Crippen molar-refractivity contribution in [1.29, 1.82) is 0 Å². The van der Waals surface area contributed by atoms with E-state index < -0.39 is 0 Å². The molecule has 6 heteroatoms. The van der Waals surface area contributed by atoms with Gasteiger partial charge in [-0.15, -0.1) is 24.0 Å². The number of pyridine rings is 1. The second-order valence-corrected chi connectivity index (χ2v) is 6.31. The molecule has 2 atom stereocenters. The van der Waals surface area contributed by atoms with Crippen LogP contribution in [0.15, 0.2) is 23.3 Å². The lowest BCUT2D eigenvalue weighted by Crippen LogP contribution is -2.40. The highest BCUT2D eigenvalue weighted by atomic mass is 127. The fourth-order valence-corrected chi connectivity index (χ4v) is 3.69. The zero-order valence-electron chi connectivity index (χ0n) is 13.7. The summed E-state index contributed by atoms with van der Waals surface area (Å²) in [6, 6.07) is 3.05. The summed E-state index contributed by atoms with van der Waals surface area (Å²) in [5, 5.41) is 3.35. The summed E-state index contributed by atoms with van der Waals surface area (Å²) in [6.45, 7) is 5.36. The van der Waals surface area contributed by atoms with Gasteiger partial charge in [0.25, 0.3) is 0 Å². The zero-order chi connectivity index (χ0) is 15.4. The Morgan fingerprint density at radius 3 is 2.65 bits per heavy atom. The van der Waals surface area contributed by atoms with Crippen molar-refractivity contribution in [2.24, 2.45) is 16.8 Å². The molecule has 0 spiro atoms. The number of nitrogens with one attached hydrogen (secondary N) is 1. The third-order valence-corrected chi connectivity index (χ3v) is 4.82. The first-order chi connectivity index (χ1) is 10.8. The lowest BCUT2D eigenvalue weighted by Gasteiger charge is -2.22. The minimum Gasteiger partial charge on any atom is -0.357 e. The Hall–Kier alpha value is -0.920. The van der Waals surface area contributed by atoms with E-state index in [0.717, 1.165) is 37.4 Å². The minimum absolute atomic E-state index is 0. The van der Waals surface area contributed by atoms with Gasteiger partial charge in [-0.3, -0.25) is 4.98 Å². The molecule has 128 valence electrons. The molecule has 1 aliphatic heterocycles. The van der Waals surface area contributed by atoms with Crippen molar-refractivity contribution in [1.82, 2.24) is 15.2 Å². The van der Waals surface area contributed by atoms with E-state index in [9.17, 15) is 4.39 Å². The van der Waals surface area contributed by atoms with Gasteiger partial charge in [-0.2, -0.15) is 0 Å². The van der Waals surface area contributed by atoms with Crippen LogP contribution in [-0.2, 0) is 6.54 Å². The van der Waals surface area contributed by atoms with Crippen LogP contribution in [0.25, 0.3) is 0 Å². The van der Waals surface area contributed by atoms with Gasteiger partial charge < -0.3 is 10.2 Å². The van der Waals surface area contributed by atoms with Crippen LogP contribution >= 0.6 is 24.0 Å². The summed E-state index contributed by atoms with van der Waals surface area (Å²) in [5.74, 6) is 2.24. The molecule has 1 aromatic heterocycles. The van der Waals surface area contributed by atoms with Gasteiger partial charge in [-0.05, 0) is 43.7 Å². The number of likely N-dealkylation sites (tertiary alicyclic amines) is 1. The molecule has 1 saturated heterocycles. The van der Waals surface area contributed by atoms with Crippen LogP contribution in [0.1, 0.15) is 38.3 Å². The molecule has 2 fully saturated rings. The Balaban J connectivity index is 0.00000192. The molecular formula is C17H26FIN4. The Bertz CT molecular complexity index is 523. The lowest BCUT2D eigenvalue weighted by atomic mass is 9.82. The summed E-state index contributed by atoms with van der Waals surface area (Å²) >= 11 is 0. The van der Waals surface area contributed by atoms with Crippen LogP contribution in [0, 0.1) is 17.7 Å². The Labute approximate surface area is 155 Å². The molecule has 2 unspecified atom stereocenters. The van der Waals surface area contributed by atoms with Crippen LogP contribution in [0.4, 0.5) is 4.39 Å². The van der Waals surface area contributed by atoms with Crippen molar-refractivity contribution in [3.8, 4) is 0 Å². The molecule has 1 aliphatic carbocycles. The van der Waals surface area contributed by atoms with Gasteiger partial charge in [0.1, 0.15) is 5.82 Å². The van der Waals surface area contributed by atoms with Crippen molar-refractivity contribution in [3.63, 3.8) is 0 Å². The first-order valence-corrected chi connectivity index (χ1v) is 8.40. The predicted molar refractivity (Wildman–Crippen MR) is 101 cm³/mol. The van der Waals surface area contributed by atoms with E-state index in [1.807, 2.05) is 0 Å². The fourth-order valence-electron chi connectivity index (χ4n) is 3.69. The highest BCUT2D eigenvalue weighted by Crippen LogP contribution is 2.35. The van der Waals surface area contributed by atoms with E-state index in [4.69, 9.17) is 0 Å². The van der Waals surface area contributed by atoms with Crippen LogP contribution in [-0.4, -0.2) is 35.5 Å². The average Bonchev–Trinajstić information content (AvgIpc) is 2.96. The molecule has 3 rings (SSSR count). The van der Waals surface area contributed by atoms with Gasteiger partial charge >= 0.3 is 0 Å². The number of aromatic nitrogens is 1. The summed E-state index contributed by atoms with van der Waals surface area (Å²) in [6.07, 6.45) is 7.03. The van der Waals surface area contributed by atoms with Gasteiger partial charge in [-0.25, -0.2) is 9.38 Å². The lowest BCUT2D eigenvalue weighted by molar-refractivity contribution is 0.299. The molecule has 0 amide bonds. The third-order valence-electron chi connectivity index (χ3n) is 4.82. The largest absolute Gasteiger partial charge is 0.357 e. The Kier molecular flexibility index (Phi) is 7.05. The Morgan fingerprint density at radius 2 is 2.04 bits per heavy atom. The molecule has 0 bridgehead atoms. The molecule has 2 heterocycles. The smallest absolute Gasteiger partial charge is 0.194 e. The fraction of sp³-hybridized carbons (Fsp3) is 0.647. The zero-order valence-corrected chi connectivity index (χ0v) is 16.0. The topological polar surface area (TPSA) is 40.5 Å². The van der Waals surface area contributed by atoms with Crippen molar-refractivity contribution in [3.05, 3.63) is 29.8 Å². The standard InChI is InChI=1S/C17H25FN4.HI/c1-2-19-17(21-10-16-15(18)8-5-9-20-16)22-11-13-6-3-4-7-14(13)12-22;/h5,8-9,13-14H,2-4,6-7,10-12H2,1H3,(H,19,21);1H. The van der Waals surface area contributed by atoms with E-state index in [-0.39, 0.29) is 29.8 Å². The maximum Gasteiger partial charge on any atom is 0.194 e. The molecule has 0 aromatic carbocycles. The van der Waals surface area contributed by atoms with E-state index in [2.05, 4.69) is 27.1 Å². The maximum atomic E-state index is 13.7. The Morgan fingerprint density at radius 1 is 1.35 bits per heavy atom. The van der Waals surface area contributed by atoms with E-state index in [1.54, 1.807) is 12.3 Å². The molecule has 23 heavy (non-hydrogen) atoms. The minimum atomic E-state index is -0.280. The van der Waals surface area contributed by atoms with E-state index in [0.29, 0.717) is 12.2 Å². The number of nitrogens with zero attached hydrogens (tertiary/aromatic N) is 3. The highest BCUT2D eigenvalue weighted by molar-refractivity contribution is 14.0. The summed E-state index contributed by atoms with van der Waals surface area (Å²) in [4.78, 5) is 11.0. The first-order valence-electron chi connectivity index (χ1n) is 8.40. The van der Waals surface area contributed by atoms with Gasteiger partial charge in [0.2, 0.25) is 0 Å². The second-order valence-electron chi connectivity index (χ2n) is 6.31. The van der Waals surface area contributed by atoms with Crippen LogP contribution in [0.3, 0.4) is 0 Å². The monoisotopic (exact) mass is 432 g/mol. The number of rotatable bonds is 3. The quantitative estimate of drug-likeness (QED) is 0.452. The van der Waals surface area contributed by atoms with Gasteiger partial charge in [0.05, 0.1) is 12.2 Å². The van der Waals surface area contributed by atoms with Gasteiger partial charge in [0, 0.05) is 25.8 Å². The number of aliphatic imine (C=N–C) groups is 1. The number of hydrogen-bond acceptors (Lipinski definition) is 2. The molecule has 1 saturated carbocycles. The first kappa shape index (κ1) is 18.4. The number of fused-ring (bicyclic) bond motifs is 1. The molecule has 2 aliphatic rings. The normalized spacial score (nSPS) is 24.1. The van der Waals surface area contributed by atoms with Crippen LogP contribution in [0.5, 0.6) is 0 Å². The van der Waals surface area contributed by atoms with E-state index in [1.165, 1.54) is 31.7 Å². The molecule has 4 nitrogen and oxygen atoms in total. The highest BCUT2D eigenvalue weighted by Gasteiger charge is 2.35. The average molecular weight is 432 g/mol. The van der Waals surface area contributed by atoms with Crippen molar-refractivity contribution in [2.45, 2.75) is 39.2 Å². The molecule has 1 aromatic rings. The maximum absolute atomic E-state index is 13.7. The van der Waals surface area contributed by atoms with Crippen molar-refractivity contribution in [2.75, 3.05) is 19.6 Å². The van der Waals surface area contributed by atoms with Crippen LogP contribution in [0.2, 0.25) is 0 Å². The summed E-state index contributed by atoms with van der Waals surface area (Å²) in [7, 11) is 0. The van der Waals surface area contributed by atoms with E-state index >= 15 is 0 Å². The molecule has 1 N–H and O–H groups in total. The predicted octanol–water partition coefficient (Wildman–Crippen LogP) is 3.43. The SMILES string of the molecule is CCNC(=NCc1ncccc1F)N1CC2CCCCC2C1.I. The van der Waals surface area contributed by atoms with Gasteiger partial charge in [-0.1, -0.05) is 12.8 Å². The number of halogens is 2. The molecular weight excluding hydrogens is 406 g/mol. The molecule has 0 radical (unpaired) electrons. The number of hydrogen-bond donors (Lipinski definition) is 1. The number of guanidine groups is 1. The van der Waals surface area contributed by atoms with Crippen molar-refractivity contribution < 1.29 is 4.39 Å². The van der Waals surface area contributed by atoms with Crippen LogP contribution < -0.4 is 5.32 Å². The second kappa shape index (κ2) is 8.80. The summed E-state index contributed by atoms with van der Waals surface area (Å²) in [5.41, 5.74) is 0.412. The third kappa shape index (κ3) is 4.55.